The van der Waals surface area contributed by atoms with Crippen molar-refractivity contribution in [2.45, 2.75) is 32.3 Å². The van der Waals surface area contributed by atoms with Crippen molar-refractivity contribution >= 4 is 0 Å². The number of hydrogen-bond donors (Lipinski definition) is 3. The molecule has 0 aliphatic rings. The Balaban J connectivity index is 2.78. The fraction of sp³-hybridized carbons (Fsp3) is 0.700. The first-order valence-electron chi connectivity index (χ1n) is 4.83. The van der Waals surface area contributed by atoms with Crippen molar-refractivity contribution in [2.24, 2.45) is 0 Å². The maximum atomic E-state index is 9.67. The lowest BCUT2D eigenvalue weighted by atomic mass is 9.92. The van der Waals surface area contributed by atoms with Gasteiger partial charge in [-0.1, -0.05) is 20.8 Å². The zero-order valence-electron chi connectivity index (χ0n) is 9.26. The van der Waals surface area contributed by atoms with Gasteiger partial charge in [-0.15, -0.1) is 0 Å². The lowest BCUT2D eigenvalue weighted by Gasteiger charge is -2.13. The summed E-state index contributed by atoms with van der Waals surface area (Å²) in [6.45, 7) is 6.82. The number of rotatable bonds is 3. The predicted molar refractivity (Wildman–Crippen MR) is 56.2 cm³/mol. The molecule has 4 heteroatoms. The molecule has 80 valence electrons. The summed E-state index contributed by atoms with van der Waals surface area (Å²) in [6.07, 6.45) is -0.511. The summed E-state index contributed by atoms with van der Waals surface area (Å²) in [6, 6.07) is 1.92. The summed E-state index contributed by atoms with van der Waals surface area (Å²) in [5.74, 6) is 0. The summed E-state index contributed by atoms with van der Waals surface area (Å²) < 4.78 is 0. The van der Waals surface area contributed by atoms with Crippen LogP contribution < -0.4 is 5.32 Å². The molecule has 0 fully saturated rings. The minimum atomic E-state index is -0.511. The molecule has 1 unspecified atom stereocenters. The number of H-pyrrole nitrogens is 1. The molecule has 0 aromatic carbocycles. The van der Waals surface area contributed by atoms with Crippen molar-refractivity contribution in [3.63, 3.8) is 0 Å². The average molecular weight is 197 g/mol. The summed E-state index contributed by atoms with van der Waals surface area (Å²) >= 11 is 0. The van der Waals surface area contributed by atoms with Crippen LogP contribution in [0.2, 0.25) is 0 Å². The molecule has 1 heterocycles. The van der Waals surface area contributed by atoms with Gasteiger partial charge in [0, 0.05) is 12.0 Å². The Morgan fingerprint density at radius 3 is 2.64 bits per heavy atom. The Hall–Kier alpha value is -0.870. The van der Waals surface area contributed by atoms with E-state index < -0.39 is 6.10 Å². The Kier molecular flexibility index (Phi) is 3.29. The van der Waals surface area contributed by atoms with Crippen LogP contribution in [-0.2, 0) is 5.41 Å². The summed E-state index contributed by atoms with van der Waals surface area (Å²) in [5.41, 5.74) is 1.76. The molecule has 0 aliphatic heterocycles. The van der Waals surface area contributed by atoms with E-state index in [1.807, 2.05) is 13.1 Å². The van der Waals surface area contributed by atoms with Crippen molar-refractivity contribution in [3.8, 4) is 0 Å². The molecule has 1 rings (SSSR count). The normalized spacial score (nSPS) is 14.4. The van der Waals surface area contributed by atoms with Crippen LogP contribution in [0.25, 0.3) is 0 Å². The standard InChI is InChI=1S/C10H19N3O/c1-10(2,3)9-5-7(12-13-9)8(14)6-11-4/h5,8,11,14H,6H2,1-4H3,(H,12,13). The van der Waals surface area contributed by atoms with Gasteiger partial charge >= 0.3 is 0 Å². The molecule has 0 saturated carbocycles. The molecule has 1 aromatic rings. The van der Waals surface area contributed by atoms with Crippen LogP contribution in [0.4, 0.5) is 0 Å². The van der Waals surface area contributed by atoms with Gasteiger partial charge in [0.05, 0.1) is 11.4 Å². The third-order valence-electron chi connectivity index (χ3n) is 2.12. The SMILES string of the molecule is CNCC(O)c1cc(C(C)(C)C)n[nH]1. The zero-order valence-corrected chi connectivity index (χ0v) is 9.26. The second kappa shape index (κ2) is 4.11. The van der Waals surface area contributed by atoms with Gasteiger partial charge in [0.15, 0.2) is 0 Å². The van der Waals surface area contributed by atoms with Crippen LogP contribution in [0.15, 0.2) is 6.07 Å². The van der Waals surface area contributed by atoms with Gasteiger partial charge in [-0.2, -0.15) is 5.10 Å². The first kappa shape index (κ1) is 11.2. The van der Waals surface area contributed by atoms with E-state index in [9.17, 15) is 5.11 Å². The van der Waals surface area contributed by atoms with Crippen molar-refractivity contribution < 1.29 is 5.11 Å². The molecule has 0 radical (unpaired) electrons. The Morgan fingerprint density at radius 1 is 1.57 bits per heavy atom. The van der Waals surface area contributed by atoms with Crippen LogP contribution in [-0.4, -0.2) is 28.9 Å². The third kappa shape index (κ3) is 2.56. The lowest BCUT2D eigenvalue weighted by Crippen LogP contribution is -2.17. The molecule has 0 spiro atoms. The summed E-state index contributed by atoms with van der Waals surface area (Å²) in [4.78, 5) is 0. The van der Waals surface area contributed by atoms with Crippen LogP contribution >= 0.6 is 0 Å². The van der Waals surface area contributed by atoms with E-state index in [-0.39, 0.29) is 5.41 Å². The second-order valence-corrected chi connectivity index (χ2v) is 4.53. The number of nitrogens with zero attached hydrogens (tertiary/aromatic N) is 1. The van der Waals surface area contributed by atoms with E-state index in [0.717, 1.165) is 11.4 Å². The van der Waals surface area contributed by atoms with E-state index in [0.29, 0.717) is 6.54 Å². The highest BCUT2D eigenvalue weighted by molar-refractivity contribution is 5.17. The molecule has 1 atom stereocenters. The van der Waals surface area contributed by atoms with Crippen molar-refractivity contribution in [3.05, 3.63) is 17.5 Å². The number of nitrogens with one attached hydrogen (secondary N) is 2. The Labute approximate surface area is 84.7 Å². The van der Waals surface area contributed by atoms with Crippen LogP contribution in [0, 0.1) is 0 Å². The monoisotopic (exact) mass is 197 g/mol. The van der Waals surface area contributed by atoms with Gasteiger partial charge in [-0.3, -0.25) is 5.10 Å². The van der Waals surface area contributed by atoms with Crippen molar-refractivity contribution in [2.75, 3.05) is 13.6 Å². The predicted octanol–water partition coefficient (Wildman–Crippen LogP) is 0.960. The Bertz CT molecular complexity index is 288. The van der Waals surface area contributed by atoms with Crippen LogP contribution in [0.3, 0.4) is 0 Å². The maximum Gasteiger partial charge on any atom is 0.108 e. The fourth-order valence-corrected chi connectivity index (χ4v) is 1.19. The molecule has 14 heavy (non-hydrogen) atoms. The average Bonchev–Trinajstić information content (AvgIpc) is 2.51. The molecule has 3 N–H and O–H groups in total. The highest BCUT2D eigenvalue weighted by Gasteiger charge is 2.19. The smallest absolute Gasteiger partial charge is 0.108 e. The number of aliphatic hydroxyl groups excluding tert-OH is 1. The van der Waals surface area contributed by atoms with Crippen LogP contribution in [0.5, 0.6) is 0 Å². The lowest BCUT2D eigenvalue weighted by molar-refractivity contribution is 0.173. The number of hydrogen-bond acceptors (Lipinski definition) is 3. The third-order valence-corrected chi connectivity index (χ3v) is 2.12. The molecular formula is C10H19N3O. The molecular weight excluding hydrogens is 178 g/mol. The maximum absolute atomic E-state index is 9.67. The van der Waals surface area contributed by atoms with Crippen LogP contribution in [0.1, 0.15) is 38.3 Å². The first-order valence-corrected chi connectivity index (χ1v) is 4.83. The topological polar surface area (TPSA) is 60.9 Å². The minimum absolute atomic E-state index is 0.0219. The first-order chi connectivity index (χ1) is 6.45. The van der Waals surface area contributed by atoms with Gasteiger partial charge < -0.3 is 10.4 Å². The highest BCUT2D eigenvalue weighted by atomic mass is 16.3. The Morgan fingerprint density at radius 2 is 2.21 bits per heavy atom. The van der Waals surface area contributed by atoms with Gasteiger partial charge in [0.25, 0.3) is 0 Å². The van der Waals surface area contributed by atoms with Gasteiger partial charge in [-0.25, -0.2) is 0 Å². The molecule has 0 amide bonds. The minimum Gasteiger partial charge on any atom is -0.385 e. The number of aromatic nitrogens is 2. The van der Waals surface area contributed by atoms with Gasteiger partial charge in [-0.05, 0) is 13.1 Å². The van der Waals surface area contributed by atoms with Crippen molar-refractivity contribution in [1.82, 2.24) is 15.5 Å². The second-order valence-electron chi connectivity index (χ2n) is 4.53. The number of aromatic amines is 1. The van der Waals surface area contributed by atoms with Gasteiger partial charge in [0.2, 0.25) is 0 Å². The molecule has 0 saturated heterocycles. The summed E-state index contributed by atoms with van der Waals surface area (Å²) in [7, 11) is 1.81. The largest absolute Gasteiger partial charge is 0.385 e. The van der Waals surface area contributed by atoms with Crippen molar-refractivity contribution in [1.29, 1.82) is 0 Å². The van der Waals surface area contributed by atoms with E-state index in [4.69, 9.17) is 0 Å². The molecule has 0 aliphatic carbocycles. The van der Waals surface area contributed by atoms with Gasteiger partial charge in [0.1, 0.15) is 6.10 Å². The van der Waals surface area contributed by atoms with E-state index in [1.54, 1.807) is 0 Å². The zero-order chi connectivity index (χ0) is 10.8. The van der Waals surface area contributed by atoms with E-state index in [2.05, 4.69) is 36.3 Å². The number of aliphatic hydroxyl groups is 1. The van der Waals surface area contributed by atoms with E-state index >= 15 is 0 Å². The van der Waals surface area contributed by atoms with E-state index in [1.165, 1.54) is 0 Å². The highest BCUT2D eigenvalue weighted by Crippen LogP contribution is 2.22. The summed E-state index contributed by atoms with van der Waals surface area (Å²) in [5, 5.41) is 19.6. The number of likely N-dealkylation sites (N-methyl/N-ethyl adjacent to an activating group) is 1. The molecule has 1 aromatic heterocycles. The fourth-order valence-electron chi connectivity index (χ4n) is 1.19. The molecule has 4 nitrogen and oxygen atoms in total. The molecule has 0 bridgehead atoms. The quantitative estimate of drug-likeness (QED) is 0.676.